The van der Waals surface area contributed by atoms with Crippen molar-refractivity contribution in [2.75, 3.05) is 5.32 Å². The number of anilines is 1. The number of carbonyl (C=O) groups excluding carboxylic acids is 1. The first-order valence-electron chi connectivity index (χ1n) is 5.63. The molecule has 0 aliphatic heterocycles. The van der Waals surface area contributed by atoms with E-state index in [1.807, 2.05) is 0 Å². The molecule has 19 heavy (non-hydrogen) atoms. The maximum absolute atomic E-state index is 13.1. The van der Waals surface area contributed by atoms with Crippen LogP contribution >= 0.6 is 35.4 Å². The number of halogens is 3. The van der Waals surface area contributed by atoms with Crippen LogP contribution in [0.3, 0.4) is 0 Å². The number of nitrogens with two attached hydrogens (primary N) is 1. The Kier molecular flexibility index (Phi) is 3.99. The molecule has 0 saturated heterocycles. The van der Waals surface area contributed by atoms with Crippen molar-refractivity contribution in [1.29, 1.82) is 0 Å². The minimum atomic E-state index is -0.837. The summed E-state index contributed by atoms with van der Waals surface area (Å²) in [5, 5.41) is 2.67. The molecule has 7 heteroatoms. The number of amides is 1. The van der Waals surface area contributed by atoms with E-state index in [1.165, 1.54) is 0 Å². The van der Waals surface area contributed by atoms with Crippen LogP contribution in [0.25, 0.3) is 0 Å². The third-order valence-electron chi connectivity index (χ3n) is 3.36. The number of hydrogen-bond donors (Lipinski definition) is 2. The van der Waals surface area contributed by atoms with Gasteiger partial charge in [0.1, 0.15) is 5.82 Å². The molecule has 0 radical (unpaired) electrons. The second-order valence-electron chi connectivity index (χ2n) is 4.50. The first kappa shape index (κ1) is 14.5. The molecule has 3 N–H and O–H groups in total. The van der Waals surface area contributed by atoms with Crippen LogP contribution in [0, 0.1) is 11.2 Å². The quantitative estimate of drug-likeness (QED) is 0.838. The predicted molar refractivity (Wildman–Crippen MR) is 78.1 cm³/mol. The van der Waals surface area contributed by atoms with Gasteiger partial charge >= 0.3 is 0 Å². The van der Waals surface area contributed by atoms with E-state index in [1.54, 1.807) is 0 Å². The molecular formula is C12H11Cl2FN2OS. The van der Waals surface area contributed by atoms with E-state index in [-0.39, 0.29) is 26.6 Å². The lowest BCUT2D eigenvalue weighted by molar-refractivity contribution is -0.125. The van der Waals surface area contributed by atoms with Crippen molar-refractivity contribution >= 4 is 52.0 Å². The van der Waals surface area contributed by atoms with Gasteiger partial charge < -0.3 is 11.1 Å². The van der Waals surface area contributed by atoms with Gasteiger partial charge in [0.2, 0.25) is 5.91 Å². The molecule has 0 aromatic heterocycles. The summed E-state index contributed by atoms with van der Waals surface area (Å²) in [6.45, 7) is 0. The topological polar surface area (TPSA) is 55.1 Å². The normalized spacial score (nSPS) is 16.6. The number of nitrogens with one attached hydrogen (secondary N) is 1. The van der Waals surface area contributed by atoms with Crippen LogP contribution in [0.5, 0.6) is 0 Å². The van der Waals surface area contributed by atoms with E-state index < -0.39 is 11.2 Å². The number of rotatable bonds is 3. The molecular weight excluding hydrogens is 310 g/mol. The number of carbonyl (C=O) groups is 1. The highest BCUT2D eigenvalue weighted by Gasteiger charge is 2.47. The van der Waals surface area contributed by atoms with Crippen molar-refractivity contribution in [2.24, 2.45) is 11.1 Å². The van der Waals surface area contributed by atoms with Gasteiger partial charge in [0, 0.05) is 0 Å². The van der Waals surface area contributed by atoms with E-state index in [2.05, 4.69) is 5.32 Å². The van der Waals surface area contributed by atoms with Crippen molar-refractivity contribution in [1.82, 2.24) is 0 Å². The van der Waals surface area contributed by atoms with Crippen LogP contribution in [0.15, 0.2) is 12.1 Å². The molecule has 0 bridgehead atoms. The molecule has 1 fully saturated rings. The molecule has 2 rings (SSSR count). The van der Waals surface area contributed by atoms with Gasteiger partial charge in [-0.25, -0.2) is 4.39 Å². The molecule has 1 aliphatic rings. The summed E-state index contributed by atoms with van der Waals surface area (Å²) in [5.74, 6) is -0.914. The average Bonchev–Trinajstić information content (AvgIpc) is 2.20. The molecule has 0 unspecified atom stereocenters. The summed E-state index contributed by atoms with van der Waals surface area (Å²) in [4.78, 5) is 12.4. The van der Waals surface area contributed by atoms with Crippen LogP contribution in [0.1, 0.15) is 19.3 Å². The molecule has 1 amide bonds. The fourth-order valence-corrected chi connectivity index (χ4v) is 2.86. The Morgan fingerprint density at radius 3 is 2.26 bits per heavy atom. The molecule has 102 valence electrons. The fraction of sp³-hybridized carbons (Fsp3) is 0.333. The monoisotopic (exact) mass is 320 g/mol. The van der Waals surface area contributed by atoms with Crippen molar-refractivity contribution in [3.8, 4) is 0 Å². The molecule has 3 nitrogen and oxygen atoms in total. The summed E-state index contributed by atoms with van der Waals surface area (Å²) in [5.41, 5.74) is 4.97. The second-order valence-corrected chi connectivity index (χ2v) is 5.75. The van der Waals surface area contributed by atoms with Crippen molar-refractivity contribution in [2.45, 2.75) is 19.3 Å². The Bertz CT molecular complexity index is 538. The van der Waals surface area contributed by atoms with Gasteiger partial charge in [-0.2, -0.15) is 0 Å². The van der Waals surface area contributed by atoms with Crippen LogP contribution in [0.4, 0.5) is 10.1 Å². The Balaban J connectivity index is 2.27. The van der Waals surface area contributed by atoms with Gasteiger partial charge in [0.15, 0.2) is 0 Å². The predicted octanol–water partition coefficient (Wildman–Crippen LogP) is 3.53. The van der Waals surface area contributed by atoms with E-state index in [0.717, 1.165) is 18.6 Å². The summed E-state index contributed by atoms with van der Waals surface area (Å²) in [6.07, 6.45) is 2.09. The molecule has 1 saturated carbocycles. The SMILES string of the molecule is NC(=S)C1(C(=O)Nc2c(Cl)cc(F)cc2Cl)CCC1. The highest BCUT2D eigenvalue weighted by molar-refractivity contribution is 7.80. The zero-order valence-corrected chi connectivity index (χ0v) is 12.1. The molecule has 1 aromatic rings. The summed E-state index contributed by atoms with van der Waals surface area (Å²) in [6, 6.07) is 2.16. The summed E-state index contributed by atoms with van der Waals surface area (Å²) >= 11 is 16.7. The summed E-state index contributed by atoms with van der Waals surface area (Å²) in [7, 11) is 0. The van der Waals surface area contributed by atoms with Gasteiger partial charge in [0.25, 0.3) is 0 Å². The first-order chi connectivity index (χ1) is 8.86. The van der Waals surface area contributed by atoms with Crippen LogP contribution in [0.2, 0.25) is 10.0 Å². The number of benzene rings is 1. The molecule has 0 atom stereocenters. The van der Waals surface area contributed by atoms with E-state index in [4.69, 9.17) is 41.2 Å². The van der Waals surface area contributed by atoms with Crippen LogP contribution < -0.4 is 11.1 Å². The molecule has 1 aromatic carbocycles. The lowest BCUT2D eigenvalue weighted by Crippen LogP contribution is -2.50. The standard InChI is InChI=1S/C12H11Cl2FN2OS/c13-7-4-6(15)5-8(14)9(7)17-11(18)12(10(16)19)2-1-3-12/h4-5H,1-3H2,(H2,16,19)(H,17,18). The average molecular weight is 321 g/mol. The van der Waals surface area contributed by atoms with Crippen molar-refractivity contribution in [3.05, 3.63) is 28.0 Å². The molecule has 0 heterocycles. The molecule has 0 spiro atoms. The molecule has 1 aliphatic carbocycles. The number of hydrogen-bond acceptors (Lipinski definition) is 2. The van der Waals surface area contributed by atoms with E-state index in [0.29, 0.717) is 12.8 Å². The van der Waals surface area contributed by atoms with Crippen molar-refractivity contribution < 1.29 is 9.18 Å². The highest BCUT2D eigenvalue weighted by atomic mass is 35.5. The zero-order chi connectivity index (χ0) is 14.2. The van der Waals surface area contributed by atoms with E-state index in [9.17, 15) is 9.18 Å². The van der Waals surface area contributed by atoms with Crippen LogP contribution in [-0.4, -0.2) is 10.9 Å². The largest absolute Gasteiger partial charge is 0.392 e. The number of thiocarbonyl (C=S) groups is 1. The minimum absolute atomic E-state index is 0.0377. The lowest BCUT2D eigenvalue weighted by Gasteiger charge is -2.39. The lowest BCUT2D eigenvalue weighted by atomic mass is 9.68. The van der Waals surface area contributed by atoms with Gasteiger partial charge in [-0.1, -0.05) is 41.8 Å². The third kappa shape index (κ3) is 2.55. The smallest absolute Gasteiger partial charge is 0.237 e. The highest BCUT2D eigenvalue weighted by Crippen LogP contribution is 2.43. The Morgan fingerprint density at radius 1 is 1.37 bits per heavy atom. The van der Waals surface area contributed by atoms with Gasteiger partial charge in [-0.05, 0) is 25.0 Å². The zero-order valence-electron chi connectivity index (χ0n) is 9.80. The summed E-state index contributed by atoms with van der Waals surface area (Å²) < 4.78 is 13.1. The van der Waals surface area contributed by atoms with E-state index >= 15 is 0 Å². The maximum atomic E-state index is 13.1. The van der Waals surface area contributed by atoms with Crippen LogP contribution in [-0.2, 0) is 4.79 Å². The Morgan fingerprint density at radius 2 is 1.89 bits per heavy atom. The fourth-order valence-electron chi connectivity index (χ4n) is 2.01. The van der Waals surface area contributed by atoms with Gasteiger partial charge in [-0.15, -0.1) is 0 Å². The van der Waals surface area contributed by atoms with Gasteiger partial charge in [0.05, 0.1) is 26.1 Å². The van der Waals surface area contributed by atoms with Crippen molar-refractivity contribution in [3.63, 3.8) is 0 Å². The Hall–Kier alpha value is -0.910. The second kappa shape index (κ2) is 5.23. The Labute approximate surface area is 125 Å². The van der Waals surface area contributed by atoms with Gasteiger partial charge in [-0.3, -0.25) is 4.79 Å². The minimum Gasteiger partial charge on any atom is -0.392 e. The first-order valence-corrected chi connectivity index (χ1v) is 6.79. The maximum Gasteiger partial charge on any atom is 0.237 e. The third-order valence-corrected chi connectivity index (χ3v) is 4.35.